The van der Waals surface area contributed by atoms with Crippen LogP contribution in [0, 0.1) is 0 Å². The third-order valence-electron chi connectivity index (χ3n) is 3.12. The fraction of sp³-hybridized carbons (Fsp3) is 0.400. The maximum Gasteiger partial charge on any atom is 0.225 e. The van der Waals surface area contributed by atoms with Crippen LogP contribution in [0.2, 0.25) is 0 Å². The van der Waals surface area contributed by atoms with Crippen LogP contribution in [-0.4, -0.2) is 34.3 Å². The summed E-state index contributed by atoms with van der Waals surface area (Å²) >= 11 is 0. The molecule has 0 radical (unpaired) electrons. The van der Waals surface area contributed by atoms with Gasteiger partial charge in [-0.25, -0.2) is 0 Å². The van der Waals surface area contributed by atoms with Crippen molar-refractivity contribution in [2.45, 2.75) is 25.8 Å². The van der Waals surface area contributed by atoms with E-state index in [9.17, 15) is 4.79 Å². The van der Waals surface area contributed by atoms with Crippen LogP contribution >= 0.6 is 24.8 Å². The van der Waals surface area contributed by atoms with E-state index in [0.29, 0.717) is 12.2 Å². The molecule has 0 bridgehead atoms. The molecule has 2 N–H and O–H groups in total. The van der Waals surface area contributed by atoms with Gasteiger partial charge < -0.3 is 10.6 Å². The molecule has 0 atom stereocenters. The summed E-state index contributed by atoms with van der Waals surface area (Å²) < 4.78 is 1.84. The van der Waals surface area contributed by atoms with Gasteiger partial charge in [-0.05, 0) is 44.1 Å². The van der Waals surface area contributed by atoms with Crippen molar-refractivity contribution >= 4 is 36.5 Å². The number of carbonyl (C=O) groups is 1. The zero-order valence-electron chi connectivity index (χ0n) is 13.1. The molecule has 1 amide bonds. The van der Waals surface area contributed by atoms with E-state index < -0.39 is 0 Å². The number of amides is 1. The minimum atomic E-state index is 0. The number of anilines is 1. The minimum absolute atomic E-state index is 0. The van der Waals surface area contributed by atoms with Crippen LogP contribution in [0.5, 0.6) is 0 Å². The molecule has 0 unspecified atom stereocenters. The summed E-state index contributed by atoms with van der Waals surface area (Å²) in [5.74, 6) is 0.615. The number of pyridine rings is 1. The van der Waals surface area contributed by atoms with Gasteiger partial charge >= 0.3 is 0 Å². The van der Waals surface area contributed by atoms with E-state index in [1.807, 2.05) is 36.1 Å². The van der Waals surface area contributed by atoms with Crippen LogP contribution in [0.3, 0.4) is 0 Å². The SMILES string of the molecule is CNCCCC(=O)Nc1ccn(CCc2ccncc2)n1.Cl.Cl. The van der Waals surface area contributed by atoms with Crippen LogP contribution in [-0.2, 0) is 17.8 Å². The summed E-state index contributed by atoms with van der Waals surface area (Å²) in [5.41, 5.74) is 1.22. The third kappa shape index (κ3) is 7.97. The maximum absolute atomic E-state index is 11.7. The average molecular weight is 360 g/mol. The molecule has 0 aliphatic carbocycles. The molecule has 2 heterocycles. The highest BCUT2D eigenvalue weighted by Crippen LogP contribution is 2.06. The number of carbonyl (C=O) groups excluding carboxylic acids is 1. The van der Waals surface area contributed by atoms with Crippen LogP contribution < -0.4 is 10.6 Å². The number of aryl methyl sites for hydroxylation is 2. The first-order valence-corrected chi connectivity index (χ1v) is 7.15. The van der Waals surface area contributed by atoms with E-state index in [4.69, 9.17) is 0 Å². The highest BCUT2D eigenvalue weighted by atomic mass is 35.5. The lowest BCUT2D eigenvalue weighted by Gasteiger charge is -2.03. The Labute approximate surface area is 148 Å². The Morgan fingerprint density at radius 2 is 1.96 bits per heavy atom. The molecular weight excluding hydrogens is 337 g/mol. The van der Waals surface area contributed by atoms with Gasteiger partial charge in [0.15, 0.2) is 5.82 Å². The van der Waals surface area contributed by atoms with E-state index >= 15 is 0 Å². The molecule has 6 nitrogen and oxygen atoms in total. The summed E-state index contributed by atoms with van der Waals surface area (Å²) in [6.45, 7) is 1.62. The lowest BCUT2D eigenvalue weighted by atomic mass is 10.2. The molecule has 2 aromatic heterocycles. The highest BCUT2D eigenvalue weighted by Gasteiger charge is 2.04. The minimum Gasteiger partial charge on any atom is -0.320 e. The molecule has 8 heteroatoms. The van der Waals surface area contributed by atoms with E-state index in [2.05, 4.69) is 20.7 Å². The monoisotopic (exact) mass is 359 g/mol. The second-order valence-corrected chi connectivity index (χ2v) is 4.82. The van der Waals surface area contributed by atoms with Gasteiger partial charge in [0.2, 0.25) is 5.91 Å². The van der Waals surface area contributed by atoms with E-state index in [-0.39, 0.29) is 30.7 Å². The zero-order valence-corrected chi connectivity index (χ0v) is 14.7. The number of nitrogens with zero attached hydrogens (tertiary/aromatic N) is 3. The van der Waals surface area contributed by atoms with Crippen LogP contribution in [0.15, 0.2) is 36.8 Å². The predicted molar refractivity (Wildman–Crippen MR) is 96.5 cm³/mol. The van der Waals surface area contributed by atoms with Gasteiger partial charge in [0.1, 0.15) is 0 Å². The smallest absolute Gasteiger partial charge is 0.225 e. The molecular formula is C15H23Cl2N5O. The Bertz CT molecular complexity index is 562. The van der Waals surface area contributed by atoms with Crippen LogP contribution in [0.1, 0.15) is 18.4 Å². The molecule has 2 aromatic rings. The standard InChI is InChI=1S/C15H21N5O.2ClH/c1-16-8-2-3-15(21)18-14-7-12-20(19-14)11-6-13-4-9-17-10-5-13;;/h4-5,7,9-10,12,16H,2-3,6,8,11H2,1H3,(H,18,19,21);2*1H. The number of hydrogen-bond acceptors (Lipinski definition) is 4. The lowest BCUT2D eigenvalue weighted by Crippen LogP contribution is -2.15. The molecule has 128 valence electrons. The molecule has 0 aromatic carbocycles. The second kappa shape index (κ2) is 11.9. The fourth-order valence-electron chi connectivity index (χ4n) is 1.98. The molecule has 0 fully saturated rings. The third-order valence-corrected chi connectivity index (χ3v) is 3.12. The molecule has 2 rings (SSSR count). The lowest BCUT2D eigenvalue weighted by molar-refractivity contribution is -0.116. The quantitative estimate of drug-likeness (QED) is 0.709. The first-order valence-electron chi connectivity index (χ1n) is 7.15. The molecule has 0 aliphatic rings. The molecule has 0 saturated heterocycles. The van der Waals surface area contributed by atoms with Gasteiger partial charge in [0.05, 0.1) is 0 Å². The molecule has 0 spiro atoms. The van der Waals surface area contributed by atoms with Gasteiger partial charge in [0, 0.05) is 37.6 Å². The summed E-state index contributed by atoms with van der Waals surface area (Å²) in [7, 11) is 1.88. The van der Waals surface area contributed by atoms with Crippen molar-refractivity contribution in [1.29, 1.82) is 0 Å². The predicted octanol–water partition coefficient (Wildman–Crippen LogP) is 2.30. The fourth-order valence-corrected chi connectivity index (χ4v) is 1.98. The summed E-state index contributed by atoms with van der Waals surface area (Å²) in [4.78, 5) is 15.7. The normalized spacial score (nSPS) is 9.61. The van der Waals surface area contributed by atoms with Crippen molar-refractivity contribution in [3.8, 4) is 0 Å². The number of halogens is 2. The Balaban J connectivity index is 0.00000242. The number of hydrogen-bond donors (Lipinski definition) is 2. The van der Waals surface area contributed by atoms with Crippen molar-refractivity contribution in [1.82, 2.24) is 20.1 Å². The average Bonchev–Trinajstić information content (AvgIpc) is 2.94. The van der Waals surface area contributed by atoms with Crippen molar-refractivity contribution in [3.05, 3.63) is 42.4 Å². The number of aromatic nitrogens is 3. The topological polar surface area (TPSA) is 71.8 Å². The number of rotatable bonds is 8. The van der Waals surface area contributed by atoms with Crippen molar-refractivity contribution in [2.24, 2.45) is 0 Å². The number of nitrogens with one attached hydrogen (secondary N) is 2. The summed E-state index contributed by atoms with van der Waals surface area (Å²) in [6, 6.07) is 5.81. The zero-order chi connectivity index (χ0) is 14.9. The summed E-state index contributed by atoms with van der Waals surface area (Å²) in [5, 5.41) is 10.2. The first kappa shape index (κ1) is 21.4. The Morgan fingerprint density at radius 1 is 1.22 bits per heavy atom. The maximum atomic E-state index is 11.7. The van der Waals surface area contributed by atoms with Gasteiger partial charge in [-0.3, -0.25) is 14.5 Å². The van der Waals surface area contributed by atoms with E-state index in [1.165, 1.54) is 5.56 Å². The van der Waals surface area contributed by atoms with Gasteiger partial charge in [0.25, 0.3) is 0 Å². The van der Waals surface area contributed by atoms with Crippen LogP contribution in [0.4, 0.5) is 5.82 Å². The van der Waals surface area contributed by atoms with Crippen molar-refractivity contribution in [3.63, 3.8) is 0 Å². The van der Waals surface area contributed by atoms with Crippen LogP contribution in [0.25, 0.3) is 0 Å². The Kier molecular flexibility index (Phi) is 11.0. The molecule has 0 saturated carbocycles. The van der Waals surface area contributed by atoms with Gasteiger partial charge in [-0.1, -0.05) is 0 Å². The van der Waals surface area contributed by atoms with Gasteiger partial charge in [-0.15, -0.1) is 24.8 Å². The largest absolute Gasteiger partial charge is 0.320 e. The highest BCUT2D eigenvalue weighted by molar-refractivity contribution is 5.89. The second-order valence-electron chi connectivity index (χ2n) is 4.82. The van der Waals surface area contributed by atoms with Crippen molar-refractivity contribution in [2.75, 3.05) is 18.9 Å². The summed E-state index contributed by atoms with van der Waals surface area (Å²) in [6.07, 6.45) is 7.67. The van der Waals surface area contributed by atoms with E-state index in [1.54, 1.807) is 12.4 Å². The Morgan fingerprint density at radius 3 is 2.65 bits per heavy atom. The Hall–Kier alpha value is -1.63. The van der Waals surface area contributed by atoms with Gasteiger partial charge in [-0.2, -0.15) is 5.10 Å². The molecule has 0 aliphatic heterocycles. The van der Waals surface area contributed by atoms with Crippen molar-refractivity contribution < 1.29 is 4.79 Å². The van der Waals surface area contributed by atoms with E-state index in [0.717, 1.165) is 25.9 Å². The molecule has 23 heavy (non-hydrogen) atoms. The first-order chi connectivity index (χ1) is 10.3.